The van der Waals surface area contributed by atoms with Crippen LogP contribution in [-0.4, -0.2) is 12.6 Å². The molecule has 0 fully saturated rings. The standard InChI is InChI=1S/C10H15NO2/c1-4-6-9(11)8(3)10(12)13-7-5-2/h4-5H,1-2,6-7,11H2,3H3. The first-order valence-corrected chi connectivity index (χ1v) is 3.97. The molecule has 0 heterocycles. The van der Waals surface area contributed by atoms with Gasteiger partial charge < -0.3 is 10.5 Å². The van der Waals surface area contributed by atoms with E-state index in [2.05, 4.69) is 13.2 Å². The van der Waals surface area contributed by atoms with E-state index < -0.39 is 5.97 Å². The summed E-state index contributed by atoms with van der Waals surface area (Å²) in [4.78, 5) is 11.2. The van der Waals surface area contributed by atoms with E-state index >= 15 is 0 Å². The molecule has 0 saturated heterocycles. The summed E-state index contributed by atoms with van der Waals surface area (Å²) in [6, 6.07) is 0. The van der Waals surface area contributed by atoms with Crippen molar-refractivity contribution in [3.63, 3.8) is 0 Å². The van der Waals surface area contributed by atoms with Crippen molar-refractivity contribution in [2.24, 2.45) is 5.73 Å². The molecule has 0 spiro atoms. The zero-order valence-electron chi connectivity index (χ0n) is 7.88. The molecule has 2 N–H and O–H groups in total. The van der Waals surface area contributed by atoms with Crippen LogP contribution in [0.2, 0.25) is 0 Å². The lowest BCUT2D eigenvalue weighted by Gasteiger charge is -2.04. The Balaban J connectivity index is 4.28. The highest BCUT2D eigenvalue weighted by atomic mass is 16.5. The van der Waals surface area contributed by atoms with Crippen LogP contribution in [0.3, 0.4) is 0 Å². The Kier molecular flexibility index (Phi) is 5.35. The number of carbonyl (C=O) groups is 1. The third-order valence-electron chi connectivity index (χ3n) is 1.48. The topological polar surface area (TPSA) is 52.3 Å². The van der Waals surface area contributed by atoms with Gasteiger partial charge in [-0.3, -0.25) is 0 Å². The Morgan fingerprint density at radius 2 is 2.08 bits per heavy atom. The van der Waals surface area contributed by atoms with E-state index in [1.807, 2.05) is 0 Å². The van der Waals surface area contributed by atoms with E-state index in [4.69, 9.17) is 10.5 Å². The molecule has 0 unspecified atom stereocenters. The maximum absolute atomic E-state index is 11.2. The van der Waals surface area contributed by atoms with Gasteiger partial charge in [0.25, 0.3) is 0 Å². The van der Waals surface area contributed by atoms with Crippen LogP contribution in [0.1, 0.15) is 13.3 Å². The Bertz CT molecular complexity index is 241. The molecule has 3 nitrogen and oxygen atoms in total. The molecule has 13 heavy (non-hydrogen) atoms. The van der Waals surface area contributed by atoms with Crippen LogP contribution in [0.15, 0.2) is 36.6 Å². The number of rotatable bonds is 5. The normalized spacial score (nSPS) is 11.5. The van der Waals surface area contributed by atoms with Crippen molar-refractivity contribution >= 4 is 5.97 Å². The van der Waals surface area contributed by atoms with Crippen molar-refractivity contribution in [3.05, 3.63) is 36.6 Å². The quantitative estimate of drug-likeness (QED) is 0.397. The number of esters is 1. The van der Waals surface area contributed by atoms with Gasteiger partial charge in [-0.25, -0.2) is 4.79 Å². The first-order valence-electron chi connectivity index (χ1n) is 3.97. The van der Waals surface area contributed by atoms with Gasteiger partial charge in [0, 0.05) is 12.1 Å². The summed E-state index contributed by atoms with van der Waals surface area (Å²) < 4.78 is 4.79. The van der Waals surface area contributed by atoms with Gasteiger partial charge in [0.15, 0.2) is 0 Å². The van der Waals surface area contributed by atoms with Crippen LogP contribution < -0.4 is 5.73 Å². The van der Waals surface area contributed by atoms with Gasteiger partial charge in [-0.15, -0.1) is 6.58 Å². The first-order chi connectivity index (χ1) is 6.13. The third-order valence-corrected chi connectivity index (χ3v) is 1.48. The molecular formula is C10H15NO2. The zero-order chi connectivity index (χ0) is 10.3. The number of hydrogen-bond donors (Lipinski definition) is 1. The summed E-state index contributed by atoms with van der Waals surface area (Å²) in [7, 11) is 0. The first kappa shape index (κ1) is 11.5. The Morgan fingerprint density at radius 1 is 1.46 bits per heavy atom. The molecule has 0 radical (unpaired) electrons. The molecule has 0 aromatic carbocycles. The van der Waals surface area contributed by atoms with Crippen molar-refractivity contribution in [1.82, 2.24) is 0 Å². The van der Waals surface area contributed by atoms with E-state index in [0.717, 1.165) is 0 Å². The predicted molar refractivity (Wildman–Crippen MR) is 52.9 cm³/mol. The second-order valence-corrected chi connectivity index (χ2v) is 2.53. The molecule has 72 valence electrons. The molecular weight excluding hydrogens is 166 g/mol. The number of ether oxygens (including phenoxy) is 1. The largest absolute Gasteiger partial charge is 0.458 e. The number of hydrogen-bond acceptors (Lipinski definition) is 3. The van der Waals surface area contributed by atoms with Crippen LogP contribution in [0.4, 0.5) is 0 Å². The lowest BCUT2D eigenvalue weighted by Crippen LogP contribution is -2.11. The highest BCUT2D eigenvalue weighted by Crippen LogP contribution is 2.04. The molecule has 0 aliphatic carbocycles. The van der Waals surface area contributed by atoms with Crippen LogP contribution in [0.25, 0.3) is 0 Å². The maximum atomic E-state index is 11.2. The Hall–Kier alpha value is -1.51. The average Bonchev–Trinajstić information content (AvgIpc) is 2.13. The van der Waals surface area contributed by atoms with E-state index in [9.17, 15) is 4.79 Å². The summed E-state index contributed by atoms with van der Waals surface area (Å²) >= 11 is 0. The smallest absolute Gasteiger partial charge is 0.335 e. The van der Waals surface area contributed by atoms with E-state index in [1.165, 1.54) is 6.08 Å². The second kappa shape index (κ2) is 6.06. The molecule has 0 aliphatic rings. The fourth-order valence-electron chi connectivity index (χ4n) is 0.683. The molecule has 0 bridgehead atoms. The molecule has 0 rings (SSSR count). The number of nitrogens with two attached hydrogens (primary N) is 1. The molecule has 0 aromatic rings. The molecule has 0 aliphatic heterocycles. The predicted octanol–water partition coefficient (Wildman–Crippen LogP) is 1.52. The lowest BCUT2D eigenvalue weighted by molar-refractivity contribution is -0.137. The molecule has 0 atom stereocenters. The van der Waals surface area contributed by atoms with E-state index in [0.29, 0.717) is 17.7 Å². The Labute approximate surface area is 78.6 Å². The maximum Gasteiger partial charge on any atom is 0.335 e. The summed E-state index contributed by atoms with van der Waals surface area (Å²) in [6.45, 7) is 8.79. The van der Waals surface area contributed by atoms with Gasteiger partial charge in [-0.05, 0) is 6.92 Å². The van der Waals surface area contributed by atoms with Crippen LogP contribution in [0.5, 0.6) is 0 Å². The average molecular weight is 181 g/mol. The molecule has 0 saturated carbocycles. The Morgan fingerprint density at radius 3 is 2.54 bits per heavy atom. The summed E-state index contributed by atoms with van der Waals surface area (Å²) in [5, 5.41) is 0. The van der Waals surface area contributed by atoms with Crippen LogP contribution in [0, 0.1) is 0 Å². The van der Waals surface area contributed by atoms with Crippen molar-refractivity contribution < 1.29 is 9.53 Å². The number of allylic oxidation sites excluding steroid dienone is 1. The molecule has 0 aromatic heterocycles. The minimum atomic E-state index is -0.403. The highest BCUT2D eigenvalue weighted by molar-refractivity contribution is 5.88. The number of carbonyl (C=O) groups excluding carboxylic acids is 1. The molecule has 3 heteroatoms. The van der Waals surface area contributed by atoms with Crippen molar-refractivity contribution in [2.75, 3.05) is 6.61 Å². The summed E-state index contributed by atoms with van der Waals surface area (Å²) in [5.41, 5.74) is 6.50. The second-order valence-electron chi connectivity index (χ2n) is 2.53. The third kappa shape index (κ3) is 4.15. The van der Waals surface area contributed by atoms with Crippen molar-refractivity contribution in [3.8, 4) is 0 Å². The minimum Gasteiger partial charge on any atom is -0.458 e. The van der Waals surface area contributed by atoms with Gasteiger partial charge in [-0.2, -0.15) is 0 Å². The van der Waals surface area contributed by atoms with Gasteiger partial charge in [0.1, 0.15) is 6.61 Å². The monoisotopic (exact) mass is 181 g/mol. The summed E-state index contributed by atoms with van der Waals surface area (Å²) in [5.74, 6) is -0.403. The molecule has 0 amide bonds. The summed E-state index contributed by atoms with van der Waals surface area (Å²) in [6.07, 6.45) is 3.64. The highest BCUT2D eigenvalue weighted by Gasteiger charge is 2.07. The fraction of sp³-hybridized carbons (Fsp3) is 0.300. The van der Waals surface area contributed by atoms with E-state index in [1.54, 1.807) is 13.0 Å². The van der Waals surface area contributed by atoms with Gasteiger partial charge in [-0.1, -0.05) is 18.7 Å². The van der Waals surface area contributed by atoms with Gasteiger partial charge in [0.05, 0.1) is 5.57 Å². The zero-order valence-corrected chi connectivity index (χ0v) is 7.88. The fourth-order valence-corrected chi connectivity index (χ4v) is 0.683. The lowest BCUT2D eigenvalue weighted by atomic mass is 10.2. The van der Waals surface area contributed by atoms with Crippen LogP contribution >= 0.6 is 0 Å². The van der Waals surface area contributed by atoms with Crippen LogP contribution in [-0.2, 0) is 9.53 Å². The van der Waals surface area contributed by atoms with Crippen molar-refractivity contribution in [2.45, 2.75) is 13.3 Å². The van der Waals surface area contributed by atoms with Gasteiger partial charge >= 0.3 is 5.97 Å². The van der Waals surface area contributed by atoms with E-state index in [-0.39, 0.29) is 6.61 Å². The SMILES string of the molecule is C=CCOC(=O)C(C)=C(N)CC=C. The minimum absolute atomic E-state index is 0.206. The van der Waals surface area contributed by atoms with Crippen molar-refractivity contribution in [1.29, 1.82) is 0 Å². The van der Waals surface area contributed by atoms with Gasteiger partial charge in [0.2, 0.25) is 0 Å².